The normalized spacial score (nSPS) is 10.2. The van der Waals surface area contributed by atoms with E-state index in [1.54, 1.807) is 0 Å². The van der Waals surface area contributed by atoms with E-state index in [1.165, 1.54) is 19.2 Å². The summed E-state index contributed by atoms with van der Waals surface area (Å²) in [5.41, 5.74) is 2.11. The van der Waals surface area contributed by atoms with Crippen LogP contribution in [0.15, 0.2) is 21.7 Å². The van der Waals surface area contributed by atoms with Gasteiger partial charge in [0, 0.05) is 7.05 Å². The molecule has 1 rings (SSSR count). The second-order valence-corrected chi connectivity index (χ2v) is 2.38. The van der Waals surface area contributed by atoms with E-state index in [0.717, 1.165) is 6.21 Å². The maximum atomic E-state index is 10.6. The van der Waals surface area contributed by atoms with E-state index in [0.29, 0.717) is 0 Å². The number of urea groups is 1. The van der Waals surface area contributed by atoms with Gasteiger partial charge in [0.1, 0.15) is 4.92 Å². The Labute approximate surface area is 84.1 Å². The number of nitrogens with one attached hydrogen (secondary N) is 2. The van der Waals surface area contributed by atoms with E-state index in [4.69, 9.17) is 4.42 Å². The van der Waals surface area contributed by atoms with E-state index < -0.39 is 11.0 Å². The smallest absolute Gasteiger partial charge is 0.400 e. The topological polar surface area (TPSA) is 110 Å². The van der Waals surface area contributed by atoms with E-state index >= 15 is 0 Å². The standard InChI is InChI=1S/C7H8N4O4/c1-8-7(12)10-9-4-5-2-3-6(15-5)11(13)14/h2-4H,1H3,(H2,8,10,12). The van der Waals surface area contributed by atoms with Gasteiger partial charge in [-0.1, -0.05) is 0 Å². The Morgan fingerprint density at radius 2 is 2.40 bits per heavy atom. The van der Waals surface area contributed by atoms with Gasteiger partial charge >= 0.3 is 11.9 Å². The monoisotopic (exact) mass is 212 g/mol. The van der Waals surface area contributed by atoms with Crippen LogP contribution in [-0.4, -0.2) is 24.2 Å². The van der Waals surface area contributed by atoms with Crippen LogP contribution < -0.4 is 10.7 Å². The average molecular weight is 212 g/mol. The van der Waals surface area contributed by atoms with Gasteiger partial charge in [0.2, 0.25) is 0 Å². The van der Waals surface area contributed by atoms with Crippen LogP contribution in [-0.2, 0) is 0 Å². The summed E-state index contributed by atoms with van der Waals surface area (Å²) in [7, 11) is 1.43. The number of hydrazone groups is 1. The third kappa shape index (κ3) is 3.10. The van der Waals surface area contributed by atoms with Gasteiger partial charge in [0.05, 0.1) is 12.3 Å². The van der Waals surface area contributed by atoms with E-state index in [-0.39, 0.29) is 11.6 Å². The Hall–Kier alpha value is -2.38. The molecule has 8 nitrogen and oxygen atoms in total. The van der Waals surface area contributed by atoms with Crippen molar-refractivity contribution in [2.45, 2.75) is 0 Å². The largest absolute Gasteiger partial charge is 0.433 e. The van der Waals surface area contributed by atoms with Crippen molar-refractivity contribution in [2.75, 3.05) is 7.05 Å². The Bertz CT molecular complexity index is 397. The molecule has 0 aromatic carbocycles. The summed E-state index contributed by atoms with van der Waals surface area (Å²) in [4.78, 5) is 20.2. The van der Waals surface area contributed by atoms with Gasteiger partial charge in [-0.25, -0.2) is 10.2 Å². The highest BCUT2D eigenvalue weighted by atomic mass is 16.6. The average Bonchev–Trinajstić information content (AvgIpc) is 2.66. The Balaban J connectivity index is 2.57. The van der Waals surface area contributed by atoms with E-state index in [2.05, 4.69) is 15.8 Å². The molecule has 0 radical (unpaired) electrons. The molecule has 0 aliphatic carbocycles. The van der Waals surface area contributed by atoms with Crippen LogP contribution in [0.4, 0.5) is 10.7 Å². The molecule has 1 aromatic rings. The minimum absolute atomic E-state index is 0.179. The summed E-state index contributed by atoms with van der Waals surface area (Å²) in [6, 6.07) is 2.07. The quantitative estimate of drug-likeness (QED) is 0.430. The van der Waals surface area contributed by atoms with Gasteiger partial charge in [-0.3, -0.25) is 10.1 Å². The van der Waals surface area contributed by atoms with Crippen LogP contribution in [0.1, 0.15) is 5.76 Å². The summed E-state index contributed by atoms with van der Waals surface area (Å²) < 4.78 is 4.74. The number of carbonyl (C=O) groups is 1. The number of nitro groups is 1. The van der Waals surface area contributed by atoms with Crippen molar-refractivity contribution in [2.24, 2.45) is 5.10 Å². The van der Waals surface area contributed by atoms with Crippen LogP contribution in [0.5, 0.6) is 0 Å². The first-order valence-corrected chi connectivity index (χ1v) is 3.88. The summed E-state index contributed by atoms with van der Waals surface area (Å²) in [5.74, 6) is -0.200. The highest BCUT2D eigenvalue weighted by Gasteiger charge is 2.09. The molecule has 0 aliphatic rings. The highest BCUT2D eigenvalue weighted by Crippen LogP contribution is 2.13. The van der Waals surface area contributed by atoms with E-state index in [9.17, 15) is 14.9 Å². The second kappa shape index (κ2) is 4.74. The minimum atomic E-state index is -0.663. The van der Waals surface area contributed by atoms with Gasteiger partial charge in [0.25, 0.3) is 0 Å². The number of hydrogen-bond acceptors (Lipinski definition) is 5. The molecule has 8 heteroatoms. The zero-order valence-corrected chi connectivity index (χ0v) is 7.76. The molecule has 2 N–H and O–H groups in total. The van der Waals surface area contributed by atoms with Crippen molar-refractivity contribution in [1.29, 1.82) is 0 Å². The Morgan fingerprint density at radius 3 is 2.93 bits per heavy atom. The minimum Gasteiger partial charge on any atom is -0.400 e. The first kappa shape index (κ1) is 10.7. The predicted molar refractivity (Wildman–Crippen MR) is 50.5 cm³/mol. The summed E-state index contributed by atoms with van der Waals surface area (Å²) in [6.07, 6.45) is 1.15. The molecule has 0 aliphatic heterocycles. The summed E-state index contributed by atoms with van der Waals surface area (Å²) in [5, 5.41) is 16.0. The van der Waals surface area contributed by atoms with Crippen molar-refractivity contribution < 1.29 is 14.1 Å². The molecule has 1 heterocycles. The molecule has 0 spiro atoms. The van der Waals surface area contributed by atoms with Crippen molar-refractivity contribution in [3.8, 4) is 0 Å². The lowest BCUT2D eigenvalue weighted by Gasteiger charge is -1.94. The molecule has 80 valence electrons. The van der Waals surface area contributed by atoms with Gasteiger partial charge in [-0.15, -0.1) is 0 Å². The molecule has 0 unspecified atom stereocenters. The SMILES string of the molecule is CNC(=O)NN=Cc1ccc([N+](=O)[O-])o1. The van der Waals surface area contributed by atoms with Crippen molar-refractivity contribution >= 4 is 18.1 Å². The molecule has 0 saturated heterocycles. The zero-order valence-electron chi connectivity index (χ0n) is 7.76. The van der Waals surface area contributed by atoms with Crippen LogP contribution in [0.25, 0.3) is 0 Å². The number of hydrogen-bond donors (Lipinski definition) is 2. The lowest BCUT2D eigenvalue weighted by molar-refractivity contribution is -0.402. The molecular formula is C7H8N4O4. The van der Waals surface area contributed by atoms with Gasteiger partial charge in [0.15, 0.2) is 5.76 Å². The third-order valence-electron chi connectivity index (χ3n) is 1.38. The van der Waals surface area contributed by atoms with Crippen molar-refractivity contribution in [3.05, 3.63) is 28.0 Å². The number of rotatable bonds is 3. The van der Waals surface area contributed by atoms with E-state index in [1.807, 2.05) is 0 Å². The number of amides is 2. The summed E-state index contributed by atoms with van der Waals surface area (Å²) >= 11 is 0. The molecule has 1 aromatic heterocycles. The molecule has 0 atom stereocenters. The Kier molecular flexibility index (Phi) is 3.38. The fourth-order valence-corrected chi connectivity index (χ4v) is 0.720. The maximum Gasteiger partial charge on any atom is 0.433 e. The molecule has 0 saturated carbocycles. The number of furan rings is 1. The van der Waals surface area contributed by atoms with Crippen LogP contribution >= 0.6 is 0 Å². The fourth-order valence-electron chi connectivity index (χ4n) is 0.720. The number of carbonyl (C=O) groups excluding carboxylic acids is 1. The van der Waals surface area contributed by atoms with Crippen molar-refractivity contribution in [3.63, 3.8) is 0 Å². The lowest BCUT2D eigenvalue weighted by Crippen LogP contribution is -2.28. The molecule has 0 fully saturated rings. The first-order chi connectivity index (χ1) is 7.13. The van der Waals surface area contributed by atoms with Gasteiger partial charge < -0.3 is 9.73 Å². The first-order valence-electron chi connectivity index (χ1n) is 3.88. The highest BCUT2D eigenvalue weighted by molar-refractivity contribution is 5.79. The van der Waals surface area contributed by atoms with Gasteiger partial charge in [-0.05, 0) is 6.07 Å². The summed E-state index contributed by atoms with van der Waals surface area (Å²) in [6.45, 7) is 0. The zero-order chi connectivity index (χ0) is 11.3. The van der Waals surface area contributed by atoms with Crippen LogP contribution in [0.2, 0.25) is 0 Å². The molecule has 0 bridgehead atoms. The molecular weight excluding hydrogens is 204 g/mol. The van der Waals surface area contributed by atoms with Crippen LogP contribution in [0.3, 0.4) is 0 Å². The molecule has 15 heavy (non-hydrogen) atoms. The Morgan fingerprint density at radius 1 is 1.67 bits per heavy atom. The maximum absolute atomic E-state index is 10.6. The van der Waals surface area contributed by atoms with Gasteiger partial charge in [-0.2, -0.15) is 5.10 Å². The third-order valence-corrected chi connectivity index (χ3v) is 1.38. The predicted octanol–water partition coefficient (Wildman–Crippen LogP) is 0.451. The van der Waals surface area contributed by atoms with Crippen molar-refractivity contribution in [1.82, 2.24) is 10.7 Å². The fraction of sp³-hybridized carbons (Fsp3) is 0.143. The second-order valence-electron chi connectivity index (χ2n) is 2.38. The number of nitrogens with zero attached hydrogens (tertiary/aromatic N) is 2. The van der Waals surface area contributed by atoms with Crippen LogP contribution in [0, 0.1) is 10.1 Å². The lowest BCUT2D eigenvalue weighted by atomic mass is 10.5. The molecule has 2 amide bonds.